The van der Waals surface area contributed by atoms with Crippen LogP contribution in [0.5, 0.6) is 11.5 Å². The number of benzene rings is 1. The second kappa shape index (κ2) is 5.06. The van der Waals surface area contributed by atoms with Gasteiger partial charge in [0.1, 0.15) is 11.6 Å². The van der Waals surface area contributed by atoms with Crippen molar-refractivity contribution in [3.8, 4) is 17.6 Å². The summed E-state index contributed by atoms with van der Waals surface area (Å²) in [6, 6.07) is 6.95. The lowest BCUT2D eigenvalue weighted by molar-refractivity contribution is -0.132. The van der Waals surface area contributed by atoms with Crippen LogP contribution in [-0.4, -0.2) is 17.9 Å². The Kier molecular flexibility index (Phi) is 3.30. The minimum absolute atomic E-state index is 0.208. The molecule has 5 nitrogen and oxygen atoms in total. The molecule has 5 heteroatoms. The molecule has 0 bridgehead atoms. The average Bonchev–Trinajstić information content (AvgIpc) is 2.81. The van der Waals surface area contributed by atoms with Crippen molar-refractivity contribution < 1.29 is 19.4 Å². The highest BCUT2D eigenvalue weighted by Crippen LogP contribution is 2.32. The first kappa shape index (κ1) is 11.7. The number of fused-ring (bicyclic) bond motifs is 1. The molecule has 0 atom stereocenters. The predicted octanol–water partition coefficient (Wildman–Crippen LogP) is 1.96. The van der Waals surface area contributed by atoms with E-state index in [0.717, 1.165) is 5.56 Å². The molecule has 1 aliphatic heterocycles. The lowest BCUT2D eigenvalue weighted by Gasteiger charge is -1.96. The van der Waals surface area contributed by atoms with Gasteiger partial charge in [0.25, 0.3) is 0 Å². The van der Waals surface area contributed by atoms with Crippen molar-refractivity contribution in [2.24, 2.45) is 0 Å². The van der Waals surface area contributed by atoms with E-state index < -0.39 is 5.97 Å². The Labute approximate surface area is 103 Å². The van der Waals surface area contributed by atoms with Gasteiger partial charge in [-0.15, -0.1) is 0 Å². The van der Waals surface area contributed by atoms with Gasteiger partial charge in [-0.05, 0) is 23.8 Å². The third-order valence-corrected chi connectivity index (χ3v) is 2.30. The molecule has 0 spiro atoms. The standard InChI is InChI=1S/C13H9NO4/c14-7-10(13(15)16)3-1-2-9-4-5-11-12(6-9)18-8-17-11/h1-6H,8H2,(H,15,16)/b2-1+,10-3+. The van der Waals surface area contributed by atoms with Crippen LogP contribution in [0.1, 0.15) is 5.56 Å². The number of ether oxygens (including phenoxy) is 2. The van der Waals surface area contributed by atoms with Crippen LogP contribution in [0.25, 0.3) is 6.08 Å². The SMILES string of the molecule is N#C/C(=C\C=C\c1ccc2c(c1)OCO2)C(=O)O. The Morgan fingerprint density at radius 3 is 2.89 bits per heavy atom. The van der Waals surface area contributed by atoms with E-state index in [1.807, 2.05) is 6.07 Å². The number of nitrogens with zero attached hydrogens (tertiary/aromatic N) is 1. The van der Waals surface area contributed by atoms with Gasteiger partial charge in [-0.2, -0.15) is 5.26 Å². The molecule has 0 saturated carbocycles. The van der Waals surface area contributed by atoms with Crippen LogP contribution in [0.15, 0.2) is 35.9 Å². The van der Waals surface area contributed by atoms with E-state index in [-0.39, 0.29) is 12.4 Å². The summed E-state index contributed by atoms with van der Waals surface area (Å²) in [7, 11) is 0. The van der Waals surface area contributed by atoms with E-state index in [1.54, 1.807) is 24.3 Å². The lowest BCUT2D eigenvalue weighted by atomic mass is 10.1. The Morgan fingerprint density at radius 2 is 2.17 bits per heavy atom. The molecular weight excluding hydrogens is 234 g/mol. The Morgan fingerprint density at radius 1 is 1.39 bits per heavy atom. The topological polar surface area (TPSA) is 79.5 Å². The average molecular weight is 243 g/mol. The summed E-state index contributed by atoms with van der Waals surface area (Å²) in [6.45, 7) is 0.208. The predicted molar refractivity (Wildman–Crippen MR) is 62.9 cm³/mol. The number of rotatable bonds is 3. The van der Waals surface area contributed by atoms with Crippen molar-refractivity contribution in [2.75, 3.05) is 6.79 Å². The number of carboxylic acids is 1. The van der Waals surface area contributed by atoms with E-state index in [2.05, 4.69) is 0 Å². The summed E-state index contributed by atoms with van der Waals surface area (Å²) in [4.78, 5) is 10.6. The van der Waals surface area contributed by atoms with Crippen LogP contribution >= 0.6 is 0 Å². The molecule has 18 heavy (non-hydrogen) atoms. The number of carboxylic acid groups (broad SMARTS) is 1. The number of nitriles is 1. The first-order valence-corrected chi connectivity index (χ1v) is 5.12. The number of carbonyl (C=O) groups is 1. The van der Waals surface area contributed by atoms with Crippen LogP contribution in [-0.2, 0) is 4.79 Å². The maximum atomic E-state index is 10.6. The van der Waals surface area contributed by atoms with Crippen molar-refractivity contribution >= 4 is 12.0 Å². The second-order valence-corrected chi connectivity index (χ2v) is 3.47. The molecule has 0 radical (unpaired) electrons. The maximum Gasteiger partial charge on any atom is 0.346 e. The summed E-state index contributed by atoms with van der Waals surface area (Å²) >= 11 is 0. The van der Waals surface area contributed by atoms with Crippen molar-refractivity contribution in [1.29, 1.82) is 5.26 Å². The summed E-state index contributed by atoms with van der Waals surface area (Å²) in [6.07, 6.45) is 4.43. The quantitative estimate of drug-likeness (QED) is 0.498. The van der Waals surface area contributed by atoms with Gasteiger partial charge in [0, 0.05) is 0 Å². The number of hydrogen-bond donors (Lipinski definition) is 1. The minimum atomic E-state index is -1.24. The summed E-state index contributed by atoms with van der Waals surface area (Å²) in [5.41, 5.74) is 0.519. The van der Waals surface area contributed by atoms with Crippen molar-refractivity contribution in [1.82, 2.24) is 0 Å². The fourth-order valence-corrected chi connectivity index (χ4v) is 1.43. The first-order chi connectivity index (χ1) is 8.70. The normalized spacial score (nSPS) is 13.6. The number of allylic oxidation sites excluding steroid dienone is 2. The fraction of sp³-hybridized carbons (Fsp3) is 0.0769. The summed E-state index contributed by atoms with van der Waals surface area (Å²) in [5.74, 6) is 0.0960. The van der Waals surface area contributed by atoms with Gasteiger partial charge in [0.05, 0.1) is 0 Å². The highest BCUT2D eigenvalue weighted by atomic mass is 16.7. The van der Waals surface area contributed by atoms with Gasteiger partial charge < -0.3 is 14.6 Å². The van der Waals surface area contributed by atoms with E-state index in [9.17, 15) is 4.79 Å². The first-order valence-electron chi connectivity index (χ1n) is 5.12. The van der Waals surface area contributed by atoms with Crippen LogP contribution in [0.2, 0.25) is 0 Å². The van der Waals surface area contributed by atoms with Gasteiger partial charge in [-0.3, -0.25) is 0 Å². The maximum absolute atomic E-state index is 10.6. The van der Waals surface area contributed by atoms with E-state index in [0.29, 0.717) is 11.5 Å². The van der Waals surface area contributed by atoms with Crippen LogP contribution in [0, 0.1) is 11.3 Å². The van der Waals surface area contributed by atoms with E-state index >= 15 is 0 Å². The molecule has 1 aliphatic rings. The van der Waals surface area contributed by atoms with Crippen LogP contribution in [0.4, 0.5) is 0 Å². The van der Waals surface area contributed by atoms with Gasteiger partial charge >= 0.3 is 5.97 Å². The third-order valence-electron chi connectivity index (χ3n) is 2.30. The van der Waals surface area contributed by atoms with Crippen LogP contribution in [0.3, 0.4) is 0 Å². The van der Waals surface area contributed by atoms with E-state index in [1.165, 1.54) is 12.2 Å². The van der Waals surface area contributed by atoms with Crippen LogP contribution < -0.4 is 9.47 Å². The van der Waals surface area contributed by atoms with Crippen molar-refractivity contribution in [2.45, 2.75) is 0 Å². The summed E-state index contributed by atoms with van der Waals surface area (Å²) in [5, 5.41) is 17.2. The molecule has 0 aromatic heterocycles. The van der Waals surface area contributed by atoms with Gasteiger partial charge in [-0.25, -0.2) is 4.79 Å². The zero-order chi connectivity index (χ0) is 13.0. The number of aliphatic carboxylic acids is 1. The molecular formula is C13H9NO4. The molecule has 0 aliphatic carbocycles. The second-order valence-electron chi connectivity index (χ2n) is 3.47. The Bertz CT molecular complexity index is 581. The molecule has 1 aromatic rings. The minimum Gasteiger partial charge on any atom is -0.477 e. The monoisotopic (exact) mass is 243 g/mol. The zero-order valence-electron chi connectivity index (χ0n) is 9.29. The largest absolute Gasteiger partial charge is 0.477 e. The molecule has 0 saturated heterocycles. The third kappa shape index (κ3) is 2.50. The highest BCUT2D eigenvalue weighted by molar-refractivity contribution is 5.91. The lowest BCUT2D eigenvalue weighted by Crippen LogP contribution is -1.96. The smallest absolute Gasteiger partial charge is 0.346 e. The highest BCUT2D eigenvalue weighted by Gasteiger charge is 2.12. The van der Waals surface area contributed by atoms with Gasteiger partial charge in [0.15, 0.2) is 11.5 Å². The zero-order valence-corrected chi connectivity index (χ0v) is 9.29. The molecule has 1 N–H and O–H groups in total. The van der Waals surface area contributed by atoms with Gasteiger partial charge in [-0.1, -0.05) is 18.2 Å². The number of hydrogen-bond acceptors (Lipinski definition) is 4. The van der Waals surface area contributed by atoms with Gasteiger partial charge in [0.2, 0.25) is 6.79 Å². The molecule has 90 valence electrons. The summed E-state index contributed by atoms with van der Waals surface area (Å²) < 4.78 is 10.4. The molecule has 0 amide bonds. The molecule has 1 heterocycles. The van der Waals surface area contributed by atoms with Crippen molar-refractivity contribution in [3.05, 3.63) is 41.5 Å². The fourth-order valence-electron chi connectivity index (χ4n) is 1.43. The Hall–Kier alpha value is -2.74. The molecule has 2 rings (SSSR count). The Balaban J connectivity index is 2.15. The van der Waals surface area contributed by atoms with Crippen molar-refractivity contribution in [3.63, 3.8) is 0 Å². The molecule has 0 fully saturated rings. The van der Waals surface area contributed by atoms with E-state index in [4.69, 9.17) is 19.8 Å². The molecule has 1 aromatic carbocycles. The molecule has 0 unspecified atom stereocenters.